The number of rotatable bonds is 0. The quantitative estimate of drug-likeness (QED) is 0.330. The van der Waals surface area contributed by atoms with Crippen LogP contribution in [-0.2, 0) is 4.74 Å². The van der Waals surface area contributed by atoms with Crippen LogP contribution in [0.2, 0.25) is 0 Å². The number of ether oxygens (including phenoxy) is 1. The van der Waals surface area contributed by atoms with E-state index < -0.39 is 0 Å². The Morgan fingerprint density at radius 2 is 0.962 bits per heavy atom. The minimum absolute atomic E-state index is 0. The van der Waals surface area contributed by atoms with Crippen molar-refractivity contribution in [2.75, 3.05) is 13.2 Å². The van der Waals surface area contributed by atoms with Crippen molar-refractivity contribution in [2.45, 2.75) is 82.1 Å². The van der Waals surface area contributed by atoms with Gasteiger partial charge in [0.1, 0.15) is 0 Å². The first kappa shape index (κ1) is 26.3. The van der Waals surface area contributed by atoms with Crippen LogP contribution in [0, 0.1) is 63.4 Å². The van der Waals surface area contributed by atoms with E-state index in [4.69, 9.17) is 4.74 Å². The van der Waals surface area contributed by atoms with Crippen molar-refractivity contribution in [1.29, 1.82) is 0 Å². The number of hydrogen-bond donors (Lipinski definition) is 0. The first-order valence-electron chi connectivity index (χ1n) is 9.58. The van der Waals surface area contributed by atoms with Gasteiger partial charge in [-0.15, -0.1) is 13.8 Å². The molecule has 3 aliphatic rings. The van der Waals surface area contributed by atoms with Gasteiger partial charge in [0.05, 0.1) is 0 Å². The molecule has 0 saturated carbocycles. The van der Waals surface area contributed by atoms with Crippen LogP contribution in [0.5, 0.6) is 0 Å². The molecule has 1 aliphatic heterocycles. The molecule has 0 bridgehead atoms. The van der Waals surface area contributed by atoms with Gasteiger partial charge in [-0.25, -0.2) is 11.1 Å². The molecule has 0 aromatic rings. The summed E-state index contributed by atoms with van der Waals surface area (Å²) in [4.78, 5) is 0. The van der Waals surface area contributed by atoms with E-state index in [0.717, 1.165) is 13.2 Å². The minimum Gasteiger partial charge on any atom is -0.381 e. The molecule has 0 aromatic carbocycles. The molecule has 0 N–H and O–H groups in total. The molecule has 26 heavy (non-hydrogen) atoms. The van der Waals surface area contributed by atoms with Gasteiger partial charge >= 0.3 is 0 Å². The SMILES string of the molecule is C1CCOC1.CC1=[C-]C(C)(C)C(C)=C1C.CC1=[C-]C(C)(C)C(C)=C1C.[Sm]. The maximum atomic E-state index is 4.94. The summed E-state index contributed by atoms with van der Waals surface area (Å²) in [5.74, 6) is 0. The van der Waals surface area contributed by atoms with Crippen molar-refractivity contribution < 1.29 is 45.1 Å². The average Bonchev–Trinajstić information content (AvgIpc) is 3.18. The second-order valence-electron chi connectivity index (χ2n) is 8.57. The van der Waals surface area contributed by atoms with Gasteiger partial charge in [0.2, 0.25) is 0 Å². The van der Waals surface area contributed by atoms with E-state index in [1.165, 1.54) is 46.3 Å². The maximum Gasteiger partial charge on any atom is 0.0466 e. The fraction of sp³-hybridized carbons (Fsp3) is 0.667. The summed E-state index contributed by atoms with van der Waals surface area (Å²) in [5, 5.41) is 0. The topological polar surface area (TPSA) is 9.23 Å². The summed E-state index contributed by atoms with van der Waals surface area (Å²) in [6.45, 7) is 23.8. The molecule has 0 atom stereocenters. The van der Waals surface area contributed by atoms with E-state index >= 15 is 0 Å². The molecule has 0 amide bonds. The third kappa shape index (κ3) is 7.01. The van der Waals surface area contributed by atoms with E-state index in [0.29, 0.717) is 0 Å². The summed E-state index contributed by atoms with van der Waals surface area (Å²) in [6.07, 6.45) is 9.43. The molecule has 0 spiro atoms. The van der Waals surface area contributed by atoms with Crippen LogP contribution in [-0.4, -0.2) is 13.2 Å². The fourth-order valence-corrected chi connectivity index (χ4v) is 3.32. The van der Waals surface area contributed by atoms with E-state index in [2.05, 4.69) is 81.4 Å². The maximum absolute atomic E-state index is 4.94. The minimum atomic E-state index is 0. The zero-order valence-electron chi connectivity index (χ0n) is 18.6. The Kier molecular flexibility index (Phi) is 10.8. The molecular formula is C24H38OSm-2. The summed E-state index contributed by atoms with van der Waals surface area (Å²) < 4.78 is 4.94. The van der Waals surface area contributed by atoms with E-state index in [9.17, 15) is 0 Å². The molecule has 3 rings (SSSR count). The second kappa shape index (κ2) is 10.7. The van der Waals surface area contributed by atoms with Crippen LogP contribution in [0.3, 0.4) is 0 Å². The van der Waals surface area contributed by atoms with Crippen LogP contribution in [0.4, 0.5) is 0 Å². The largest absolute Gasteiger partial charge is 0.381 e. The molecule has 148 valence electrons. The monoisotopic (exact) mass is 494 g/mol. The summed E-state index contributed by atoms with van der Waals surface area (Å²) >= 11 is 0. The van der Waals surface area contributed by atoms with Crippen LogP contribution in [0.15, 0.2) is 33.4 Å². The van der Waals surface area contributed by atoms with Crippen LogP contribution >= 0.6 is 0 Å². The number of hydrogen-bond acceptors (Lipinski definition) is 1. The van der Waals surface area contributed by atoms with Gasteiger partial charge in [0.15, 0.2) is 0 Å². The zero-order valence-corrected chi connectivity index (χ0v) is 21.3. The Hall–Kier alpha value is 0.258. The molecule has 1 saturated heterocycles. The molecule has 1 heterocycles. The molecule has 0 radical (unpaired) electrons. The third-order valence-electron chi connectivity index (χ3n) is 5.95. The van der Waals surface area contributed by atoms with Crippen LogP contribution in [0.25, 0.3) is 0 Å². The third-order valence-corrected chi connectivity index (χ3v) is 5.95. The standard InChI is InChI=1S/2C10H15.C4H8O.Sm/c2*1-7-6-10(4,5)9(3)8(7)2;1-2-4-5-3-1;/h2*1-5H3;1-4H2;/q2*-1;;. The summed E-state index contributed by atoms with van der Waals surface area (Å²) in [6, 6.07) is 0. The Labute approximate surface area is 195 Å². The van der Waals surface area contributed by atoms with Crippen LogP contribution in [0.1, 0.15) is 82.1 Å². The second-order valence-corrected chi connectivity index (χ2v) is 8.57. The molecule has 1 nitrogen and oxygen atoms in total. The normalized spacial score (nSPS) is 22.7. The summed E-state index contributed by atoms with van der Waals surface area (Å²) in [7, 11) is 0. The van der Waals surface area contributed by atoms with Crippen molar-refractivity contribution in [1.82, 2.24) is 0 Å². The van der Waals surface area contributed by atoms with Gasteiger partial charge < -0.3 is 4.74 Å². The van der Waals surface area contributed by atoms with Gasteiger partial charge in [-0.3, -0.25) is 12.2 Å². The van der Waals surface area contributed by atoms with Gasteiger partial charge in [0.25, 0.3) is 0 Å². The van der Waals surface area contributed by atoms with Crippen molar-refractivity contribution in [3.05, 3.63) is 45.6 Å². The smallest absolute Gasteiger partial charge is 0.0466 e. The van der Waals surface area contributed by atoms with Crippen molar-refractivity contribution in [3.63, 3.8) is 0 Å². The van der Waals surface area contributed by atoms with E-state index in [-0.39, 0.29) is 51.2 Å². The Balaban J connectivity index is 0.000000372. The Morgan fingerprint density at radius 3 is 1.04 bits per heavy atom. The first-order valence-corrected chi connectivity index (χ1v) is 9.58. The van der Waals surface area contributed by atoms with Crippen molar-refractivity contribution in [2.24, 2.45) is 10.8 Å². The fourth-order valence-electron chi connectivity index (χ4n) is 3.32. The van der Waals surface area contributed by atoms with Crippen molar-refractivity contribution >= 4 is 0 Å². The van der Waals surface area contributed by atoms with Crippen molar-refractivity contribution in [3.8, 4) is 0 Å². The molecular weight excluding hydrogens is 455 g/mol. The predicted molar refractivity (Wildman–Crippen MR) is 109 cm³/mol. The average molecular weight is 493 g/mol. The number of allylic oxidation sites excluding steroid dienone is 8. The first-order chi connectivity index (χ1) is 11.4. The van der Waals surface area contributed by atoms with Crippen LogP contribution < -0.4 is 0 Å². The van der Waals surface area contributed by atoms with Gasteiger partial charge in [-0.2, -0.15) is 22.3 Å². The van der Waals surface area contributed by atoms with E-state index in [1.807, 2.05) is 0 Å². The summed E-state index contributed by atoms with van der Waals surface area (Å²) in [5.41, 5.74) is 8.79. The van der Waals surface area contributed by atoms with Gasteiger partial charge in [-0.1, -0.05) is 66.2 Å². The molecule has 0 unspecified atom stereocenters. The zero-order chi connectivity index (χ0) is 19.4. The van der Waals surface area contributed by atoms with Gasteiger partial charge in [0, 0.05) is 53.6 Å². The molecule has 2 aliphatic carbocycles. The predicted octanol–water partition coefficient (Wildman–Crippen LogP) is 7.02. The Morgan fingerprint density at radius 1 is 0.654 bits per heavy atom. The van der Waals surface area contributed by atoms with E-state index in [1.54, 1.807) is 0 Å². The molecule has 2 heteroatoms. The molecule has 1 fully saturated rings. The Bertz CT molecular complexity index is 551. The molecule has 0 aromatic heterocycles. The van der Waals surface area contributed by atoms with Gasteiger partial charge in [-0.05, 0) is 12.8 Å².